The summed E-state index contributed by atoms with van der Waals surface area (Å²) in [5.41, 5.74) is -1.15. The number of halogens is 3. The van der Waals surface area contributed by atoms with E-state index < -0.39 is 21.9 Å². The van der Waals surface area contributed by atoms with Crippen LogP contribution < -0.4 is 0 Å². The summed E-state index contributed by atoms with van der Waals surface area (Å²) in [5, 5.41) is 0. The highest BCUT2D eigenvalue weighted by Gasteiger charge is 2.55. The Bertz CT molecular complexity index is 807. The molecule has 0 unspecified atom stereocenters. The number of alkyl halides is 3. The van der Waals surface area contributed by atoms with Crippen molar-refractivity contribution in [3.8, 4) is 0 Å². The zero-order valence-electron chi connectivity index (χ0n) is 14.6. The molecule has 0 amide bonds. The topological polar surface area (TPSA) is 53.5 Å². The largest absolute Gasteiger partial charge is 0.433 e. The number of pyridine rings is 1. The van der Waals surface area contributed by atoms with Crippen LogP contribution >= 0.6 is 0 Å². The molecule has 3 aliphatic rings. The molecule has 4 rings (SSSR count). The molecule has 144 valence electrons. The molecule has 2 aliphatic heterocycles. The molecule has 2 saturated heterocycles. The van der Waals surface area contributed by atoms with Crippen molar-refractivity contribution < 1.29 is 21.6 Å². The van der Waals surface area contributed by atoms with E-state index in [4.69, 9.17) is 0 Å². The van der Waals surface area contributed by atoms with Gasteiger partial charge in [-0.2, -0.15) is 17.5 Å². The molecule has 0 N–H and O–H groups in total. The van der Waals surface area contributed by atoms with Crippen LogP contribution in [-0.2, 0) is 16.2 Å². The van der Waals surface area contributed by atoms with Crippen LogP contribution in [-0.4, -0.2) is 55.3 Å². The molecule has 26 heavy (non-hydrogen) atoms. The predicted octanol–water partition coefficient (Wildman–Crippen LogP) is 2.52. The number of aromatic nitrogens is 1. The van der Waals surface area contributed by atoms with Gasteiger partial charge in [-0.25, -0.2) is 13.4 Å². The van der Waals surface area contributed by atoms with Crippen molar-refractivity contribution in [1.82, 2.24) is 14.2 Å². The molecule has 1 saturated carbocycles. The van der Waals surface area contributed by atoms with Crippen molar-refractivity contribution >= 4 is 10.0 Å². The van der Waals surface area contributed by atoms with Gasteiger partial charge in [0.15, 0.2) is 0 Å². The standard InChI is InChI=1S/C17H22F3N3O2S/c1-12-14(4-5-15(21-12)17(18,19)20)26(24,25)23-10-16(11-23)8-22(9-16)7-6-13-2-3-13/h4-5,13H,2-3,6-11H2,1H3. The summed E-state index contributed by atoms with van der Waals surface area (Å²) in [6.45, 7) is 5.10. The van der Waals surface area contributed by atoms with Gasteiger partial charge in [-0.15, -0.1) is 0 Å². The van der Waals surface area contributed by atoms with Gasteiger partial charge in [0.2, 0.25) is 10.0 Å². The van der Waals surface area contributed by atoms with Crippen LogP contribution in [0.25, 0.3) is 0 Å². The molecule has 3 fully saturated rings. The van der Waals surface area contributed by atoms with Gasteiger partial charge in [-0.3, -0.25) is 0 Å². The second-order valence-corrected chi connectivity index (χ2v) is 9.90. The van der Waals surface area contributed by atoms with Gasteiger partial charge in [0, 0.05) is 31.6 Å². The Kier molecular flexibility index (Phi) is 4.13. The summed E-state index contributed by atoms with van der Waals surface area (Å²) in [6, 6.07) is 1.76. The van der Waals surface area contributed by atoms with Crippen LogP contribution in [0.3, 0.4) is 0 Å². The molecule has 1 aromatic heterocycles. The van der Waals surface area contributed by atoms with Crippen LogP contribution in [0.15, 0.2) is 17.0 Å². The predicted molar refractivity (Wildman–Crippen MR) is 88.9 cm³/mol. The zero-order chi connectivity index (χ0) is 18.7. The lowest BCUT2D eigenvalue weighted by Crippen LogP contribution is -2.72. The molecule has 3 heterocycles. The minimum absolute atomic E-state index is 0.0316. The zero-order valence-corrected chi connectivity index (χ0v) is 15.4. The number of likely N-dealkylation sites (tertiary alicyclic amines) is 1. The Morgan fingerprint density at radius 3 is 2.38 bits per heavy atom. The maximum Gasteiger partial charge on any atom is 0.433 e. The fraction of sp³-hybridized carbons (Fsp3) is 0.706. The summed E-state index contributed by atoms with van der Waals surface area (Å²) in [4.78, 5) is 5.68. The van der Waals surface area contributed by atoms with Gasteiger partial charge in [0.05, 0.1) is 5.69 Å². The van der Waals surface area contributed by atoms with E-state index in [9.17, 15) is 21.6 Å². The molecule has 1 aromatic rings. The molecule has 0 aromatic carbocycles. The van der Waals surface area contributed by atoms with Crippen LogP contribution in [0.1, 0.15) is 30.7 Å². The molecule has 0 radical (unpaired) electrons. The van der Waals surface area contributed by atoms with Crippen LogP contribution in [0, 0.1) is 18.3 Å². The molecular formula is C17H22F3N3O2S. The van der Waals surface area contributed by atoms with E-state index in [0.29, 0.717) is 13.1 Å². The first-order valence-corrected chi connectivity index (χ1v) is 10.3. The third-order valence-corrected chi connectivity index (χ3v) is 7.56. The van der Waals surface area contributed by atoms with E-state index in [1.165, 1.54) is 30.5 Å². The fourth-order valence-corrected chi connectivity index (χ4v) is 5.85. The Hall–Kier alpha value is -1.19. The number of hydrogen-bond acceptors (Lipinski definition) is 4. The van der Waals surface area contributed by atoms with Crippen molar-refractivity contribution in [2.75, 3.05) is 32.7 Å². The maximum atomic E-state index is 12.7. The van der Waals surface area contributed by atoms with Crippen LogP contribution in [0.4, 0.5) is 13.2 Å². The Balaban J connectivity index is 1.38. The number of aryl methyl sites for hydroxylation is 1. The minimum atomic E-state index is -4.58. The summed E-state index contributed by atoms with van der Waals surface area (Å²) < 4.78 is 64.9. The Morgan fingerprint density at radius 2 is 1.85 bits per heavy atom. The third-order valence-electron chi connectivity index (χ3n) is 5.64. The highest BCUT2D eigenvalue weighted by Crippen LogP contribution is 2.43. The van der Waals surface area contributed by atoms with Crippen LogP contribution in [0.5, 0.6) is 0 Å². The van der Waals surface area contributed by atoms with E-state index in [1.807, 2.05) is 0 Å². The first-order valence-electron chi connectivity index (χ1n) is 8.86. The fourth-order valence-electron chi connectivity index (χ4n) is 4.02. The maximum absolute atomic E-state index is 12.7. The number of rotatable bonds is 5. The quantitative estimate of drug-likeness (QED) is 0.777. The molecule has 1 spiro atoms. The molecule has 1 aliphatic carbocycles. The smallest absolute Gasteiger partial charge is 0.302 e. The number of sulfonamides is 1. The minimum Gasteiger partial charge on any atom is -0.302 e. The van der Waals surface area contributed by atoms with E-state index in [-0.39, 0.29) is 16.0 Å². The van der Waals surface area contributed by atoms with E-state index in [0.717, 1.165) is 37.7 Å². The summed E-state index contributed by atoms with van der Waals surface area (Å²) >= 11 is 0. The highest BCUT2D eigenvalue weighted by molar-refractivity contribution is 7.89. The van der Waals surface area contributed by atoms with E-state index in [2.05, 4.69) is 9.88 Å². The Morgan fingerprint density at radius 1 is 1.19 bits per heavy atom. The van der Waals surface area contributed by atoms with Crippen molar-refractivity contribution in [3.63, 3.8) is 0 Å². The van der Waals surface area contributed by atoms with Gasteiger partial charge >= 0.3 is 6.18 Å². The van der Waals surface area contributed by atoms with Gasteiger partial charge in [-0.05, 0) is 37.9 Å². The van der Waals surface area contributed by atoms with Crippen molar-refractivity contribution in [1.29, 1.82) is 0 Å². The molecule has 0 atom stereocenters. The Labute approximate surface area is 151 Å². The first-order chi connectivity index (χ1) is 12.1. The second kappa shape index (κ2) is 5.90. The van der Waals surface area contributed by atoms with Crippen molar-refractivity contribution in [2.24, 2.45) is 11.3 Å². The lowest BCUT2D eigenvalue weighted by molar-refractivity contribution is -0.141. The number of nitrogens with zero attached hydrogens (tertiary/aromatic N) is 3. The van der Waals surface area contributed by atoms with Gasteiger partial charge in [0.25, 0.3) is 0 Å². The molecular weight excluding hydrogens is 367 g/mol. The number of hydrogen-bond donors (Lipinski definition) is 0. The molecule has 9 heteroatoms. The lowest BCUT2D eigenvalue weighted by atomic mass is 9.74. The van der Waals surface area contributed by atoms with Gasteiger partial charge in [-0.1, -0.05) is 12.8 Å². The van der Waals surface area contributed by atoms with Gasteiger partial charge in [0.1, 0.15) is 10.6 Å². The monoisotopic (exact) mass is 389 g/mol. The third kappa shape index (κ3) is 3.25. The van der Waals surface area contributed by atoms with E-state index >= 15 is 0 Å². The van der Waals surface area contributed by atoms with Crippen LogP contribution in [0.2, 0.25) is 0 Å². The normalized spacial score (nSPS) is 23.7. The molecule has 0 bridgehead atoms. The van der Waals surface area contributed by atoms with Gasteiger partial charge < -0.3 is 4.90 Å². The first kappa shape index (κ1) is 18.2. The summed E-state index contributed by atoms with van der Waals surface area (Å²) in [7, 11) is -3.79. The SMILES string of the molecule is Cc1nc(C(F)(F)F)ccc1S(=O)(=O)N1CC2(CN(CCC3CC3)C2)C1. The van der Waals surface area contributed by atoms with Crippen molar-refractivity contribution in [3.05, 3.63) is 23.5 Å². The summed E-state index contributed by atoms with van der Waals surface area (Å²) in [6.07, 6.45) is -0.671. The average molecular weight is 389 g/mol. The van der Waals surface area contributed by atoms with E-state index in [1.54, 1.807) is 0 Å². The highest BCUT2D eigenvalue weighted by atomic mass is 32.2. The van der Waals surface area contributed by atoms with Crippen molar-refractivity contribution in [2.45, 2.75) is 37.3 Å². The molecule has 5 nitrogen and oxygen atoms in total. The second-order valence-electron chi connectivity index (χ2n) is 7.99. The lowest BCUT2D eigenvalue weighted by Gasteiger charge is -2.59. The summed E-state index contributed by atoms with van der Waals surface area (Å²) in [5.74, 6) is 0.889. The average Bonchev–Trinajstić information content (AvgIpc) is 3.26.